The molecular formula is C15H16ClN3O2S. The van der Waals surface area contributed by atoms with Crippen LogP contribution < -0.4 is 4.90 Å². The van der Waals surface area contributed by atoms with Gasteiger partial charge in [0, 0.05) is 18.3 Å². The maximum absolute atomic E-state index is 12.2. The quantitative estimate of drug-likeness (QED) is 0.802. The highest BCUT2D eigenvalue weighted by molar-refractivity contribution is 7.91. The summed E-state index contributed by atoms with van der Waals surface area (Å²) in [4.78, 5) is 10.5. The van der Waals surface area contributed by atoms with Crippen molar-refractivity contribution in [1.29, 1.82) is 0 Å². The van der Waals surface area contributed by atoms with Crippen molar-refractivity contribution in [1.82, 2.24) is 9.97 Å². The van der Waals surface area contributed by atoms with Crippen molar-refractivity contribution in [2.24, 2.45) is 0 Å². The van der Waals surface area contributed by atoms with Gasteiger partial charge in [-0.05, 0) is 36.6 Å². The van der Waals surface area contributed by atoms with Gasteiger partial charge in [0.2, 0.25) is 0 Å². The predicted octanol–water partition coefficient (Wildman–Crippen LogP) is 3.01. The molecule has 116 valence electrons. The lowest BCUT2D eigenvalue weighted by atomic mass is 10.2. The second-order valence-corrected chi connectivity index (χ2v) is 7.71. The molecule has 1 aliphatic heterocycles. The molecule has 1 aliphatic rings. The minimum atomic E-state index is -3.19. The molecule has 0 aliphatic carbocycles. The van der Waals surface area contributed by atoms with Gasteiger partial charge >= 0.3 is 0 Å². The average molecular weight is 338 g/mol. The second-order valence-electron chi connectivity index (χ2n) is 5.21. The summed E-state index contributed by atoms with van der Waals surface area (Å²) < 4.78 is 24.4. The number of sulfone groups is 1. The van der Waals surface area contributed by atoms with Gasteiger partial charge in [-0.1, -0.05) is 18.5 Å². The minimum Gasteiger partial charge on any atom is -0.326 e. The maximum atomic E-state index is 12.2. The second kappa shape index (κ2) is 5.85. The fraction of sp³-hybridized carbons (Fsp3) is 0.333. The summed E-state index contributed by atoms with van der Waals surface area (Å²) in [5.74, 6) is 0.903. The molecule has 7 heteroatoms. The first-order valence-electron chi connectivity index (χ1n) is 7.12. The molecule has 5 nitrogen and oxygen atoms in total. The molecule has 2 aromatic rings. The smallest absolute Gasteiger partial charge is 0.178 e. The third-order valence-electron chi connectivity index (χ3n) is 3.67. The number of benzene rings is 1. The van der Waals surface area contributed by atoms with Crippen LogP contribution in [0.4, 0.5) is 11.5 Å². The molecule has 0 fully saturated rings. The van der Waals surface area contributed by atoms with E-state index in [0.717, 1.165) is 30.0 Å². The molecule has 1 aromatic heterocycles. The van der Waals surface area contributed by atoms with Crippen LogP contribution in [0.15, 0.2) is 35.5 Å². The fourth-order valence-electron chi connectivity index (χ4n) is 2.67. The normalized spacial score (nSPS) is 14.2. The Morgan fingerprint density at radius 3 is 2.82 bits per heavy atom. The molecule has 0 radical (unpaired) electrons. The minimum absolute atomic E-state index is 0.178. The summed E-state index contributed by atoms with van der Waals surface area (Å²) in [7, 11) is -3.19. The topological polar surface area (TPSA) is 63.2 Å². The predicted molar refractivity (Wildman–Crippen MR) is 86.5 cm³/mol. The summed E-state index contributed by atoms with van der Waals surface area (Å²) in [6.07, 6.45) is 2.83. The first-order chi connectivity index (χ1) is 10.5. The van der Waals surface area contributed by atoms with E-state index >= 15 is 0 Å². The van der Waals surface area contributed by atoms with E-state index in [2.05, 4.69) is 9.97 Å². The fourth-order valence-corrected chi connectivity index (χ4v) is 4.18. The number of halogens is 1. The Hall–Kier alpha value is -1.66. The number of anilines is 2. The number of aromatic nitrogens is 2. The van der Waals surface area contributed by atoms with E-state index in [1.807, 2.05) is 17.9 Å². The van der Waals surface area contributed by atoms with E-state index in [1.165, 1.54) is 6.33 Å². The van der Waals surface area contributed by atoms with Crippen LogP contribution in [0.25, 0.3) is 0 Å². The number of hydrogen-bond donors (Lipinski definition) is 0. The van der Waals surface area contributed by atoms with Gasteiger partial charge in [-0.3, -0.25) is 0 Å². The van der Waals surface area contributed by atoms with Crippen LogP contribution in [-0.2, 0) is 16.3 Å². The van der Waals surface area contributed by atoms with Crippen molar-refractivity contribution in [3.8, 4) is 0 Å². The zero-order valence-corrected chi connectivity index (χ0v) is 13.7. The first kappa shape index (κ1) is 15.2. The summed E-state index contributed by atoms with van der Waals surface area (Å²) in [5.41, 5.74) is 2.00. The summed E-state index contributed by atoms with van der Waals surface area (Å²) in [6.45, 7) is 2.62. The number of nitrogens with zero attached hydrogens (tertiary/aromatic N) is 3. The van der Waals surface area contributed by atoms with Crippen LogP contribution in [0.1, 0.15) is 18.9 Å². The molecule has 0 unspecified atom stereocenters. The van der Waals surface area contributed by atoms with Crippen molar-refractivity contribution in [2.75, 3.05) is 17.2 Å². The van der Waals surface area contributed by atoms with E-state index < -0.39 is 9.84 Å². The Kier molecular flexibility index (Phi) is 4.06. The zero-order valence-electron chi connectivity index (χ0n) is 12.2. The molecule has 0 saturated heterocycles. The molecular weight excluding hydrogens is 322 g/mol. The lowest BCUT2D eigenvalue weighted by Crippen LogP contribution is -2.14. The zero-order chi connectivity index (χ0) is 15.7. The van der Waals surface area contributed by atoms with Crippen LogP contribution in [0, 0.1) is 0 Å². The van der Waals surface area contributed by atoms with Gasteiger partial charge in [-0.15, -0.1) is 0 Å². The van der Waals surface area contributed by atoms with Gasteiger partial charge in [0.15, 0.2) is 9.84 Å². The maximum Gasteiger partial charge on any atom is 0.178 e. The Balaban J connectivity index is 1.97. The molecule has 1 aromatic carbocycles. The van der Waals surface area contributed by atoms with Gasteiger partial charge < -0.3 is 4.90 Å². The van der Waals surface area contributed by atoms with Gasteiger partial charge in [-0.25, -0.2) is 18.4 Å². The van der Waals surface area contributed by atoms with Crippen LogP contribution in [0.2, 0.25) is 5.15 Å². The van der Waals surface area contributed by atoms with Gasteiger partial charge in [0.1, 0.15) is 17.3 Å². The van der Waals surface area contributed by atoms with Crippen LogP contribution in [-0.4, -0.2) is 30.7 Å². The SMILES string of the molecule is CCCS(=O)(=O)c1ccc2c(c1)CCN2c1cc(Cl)ncn1. The summed E-state index contributed by atoms with van der Waals surface area (Å²) in [6, 6.07) is 7.01. The lowest BCUT2D eigenvalue weighted by molar-refractivity contribution is 0.594. The molecule has 0 N–H and O–H groups in total. The van der Waals surface area contributed by atoms with Gasteiger partial charge in [0.25, 0.3) is 0 Å². The molecule has 3 rings (SSSR count). The van der Waals surface area contributed by atoms with E-state index in [9.17, 15) is 8.42 Å². The number of fused-ring (bicyclic) bond motifs is 1. The van der Waals surface area contributed by atoms with Crippen molar-refractivity contribution in [3.05, 3.63) is 41.3 Å². The summed E-state index contributed by atoms with van der Waals surface area (Å²) in [5, 5.41) is 0.389. The molecule has 0 atom stereocenters. The number of rotatable bonds is 4. The molecule has 0 saturated carbocycles. The average Bonchev–Trinajstić information content (AvgIpc) is 2.90. The van der Waals surface area contributed by atoms with Crippen LogP contribution in [0.3, 0.4) is 0 Å². The van der Waals surface area contributed by atoms with Crippen molar-refractivity contribution < 1.29 is 8.42 Å². The van der Waals surface area contributed by atoms with Gasteiger partial charge in [-0.2, -0.15) is 0 Å². The van der Waals surface area contributed by atoms with Gasteiger partial charge in [0.05, 0.1) is 10.6 Å². The third kappa shape index (κ3) is 2.80. The Labute approximate surface area is 134 Å². The molecule has 22 heavy (non-hydrogen) atoms. The standard InChI is InChI=1S/C15H16ClN3O2S/c1-2-7-22(20,21)12-3-4-13-11(8-12)5-6-19(13)15-9-14(16)17-10-18-15/h3-4,8-10H,2,5-7H2,1H3. The van der Waals surface area contributed by atoms with Crippen molar-refractivity contribution >= 4 is 32.9 Å². The van der Waals surface area contributed by atoms with E-state index in [1.54, 1.807) is 18.2 Å². The Morgan fingerprint density at radius 1 is 1.27 bits per heavy atom. The van der Waals surface area contributed by atoms with Crippen LogP contribution >= 0.6 is 11.6 Å². The monoisotopic (exact) mass is 337 g/mol. The summed E-state index contributed by atoms with van der Waals surface area (Å²) >= 11 is 5.91. The number of hydrogen-bond acceptors (Lipinski definition) is 5. The first-order valence-corrected chi connectivity index (χ1v) is 9.15. The molecule has 2 heterocycles. The van der Waals surface area contributed by atoms with E-state index in [0.29, 0.717) is 16.5 Å². The van der Waals surface area contributed by atoms with Crippen molar-refractivity contribution in [2.45, 2.75) is 24.7 Å². The molecule has 0 bridgehead atoms. The van der Waals surface area contributed by atoms with Crippen LogP contribution in [0.5, 0.6) is 0 Å². The molecule has 0 spiro atoms. The Bertz CT molecular complexity index is 808. The Morgan fingerprint density at radius 2 is 2.09 bits per heavy atom. The van der Waals surface area contributed by atoms with E-state index in [4.69, 9.17) is 11.6 Å². The third-order valence-corrected chi connectivity index (χ3v) is 5.80. The van der Waals surface area contributed by atoms with E-state index in [-0.39, 0.29) is 5.75 Å². The van der Waals surface area contributed by atoms with Crippen molar-refractivity contribution in [3.63, 3.8) is 0 Å². The largest absolute Gasteiger partial charge is 0.326 e. The highest BCUT2D eigenvalue weighted by Gasteiger charge is 2.24. The highest BCUT2D eigenvalue weighted by Crippen LogP contribution is 2.35. The molecule has 0 amide bonds. The lowest BCUT2D eigenvalue weighted by Gasteiger charge is -2.18. The highest BCUT2D eigenvalue weighted by atomic mass is 35.5.